The van der Waals surface area contributed by atoms with Crippen molar-refractivity contribution in [3.8, 4) is 0 Å². The van der Waals surface area contributed by atoms with E-state index in [2.05, 4.69) is 17.6 Å². The third-order valence-electron chi connectivity index (χ3n) is 4.78. The average Bonchev–Trinajstić information content (AvgIpc) is 2.39. The number of hydrogen-bond donors (Lipinski definition) is 3. The SMILES string of the molecule is CC1(NC(=O)NC2CCC(C(=O)O)CC2)CCCCC1. The summed E-state index contributed by atoms with van der Waals surface area (Å²) in [5, 5.41) is 15.1. The predicted molar refractivity (Wildman–Crippen MR) is 76.5 cm³/mol. The van der Waals surface area contributed by atoms with Crippen LogP contribution in [0.15, 0.2) is 0 Å². The maximum absolute atomic E-state index is 12.1. The number of rotatable bonds is 3. The van der Waals surface area contributed by atoms with Gasteiger partial charge in [-0.3, -0.25) is 4.79 Å². The van der Waals surface area contributed by atoms with Gasteiger partial charge in [0.05, 0.1) is 5.92 Å². The zero-order valence-electron chi connectivity index (χ0n) is 12.3. The number of urea groups is 1. The molecule has 0 aromatic carbocycles. The molecule has 0 aromatic rings. The molecular formula is C15H26N2O3. The summed E-state index contributed by atoms with van der Waals surface area (Å²) in [6, 6.07) is 0.0333. The van der Waals surface area contributed by atoms with Crippen molar-refractivity contribution in [3.05, 3.63) is 0 Å². The highest BCUT2D eigenvalue weighted by atomic mass is 16.4. The minimum Gasteiger partial charge on any atom is -0.481 e. The average molecular weight is 282 g/mol. The van der Waals surface area contributed by atoms with E-state index in [0.717, 1.165) is 25.7 Å². The van der Waals surface area contributed by atoms with Gasteiger partial charge < -0.3 is 15.7 Å². The van der Waals surface area contributed by atoms with E-state index in [9.17, 15) is 9.59 Å². The Labute approximate surface area is 120 Å². The summed E-state index contributed by atoms with van der Waals surface area (Å²) < 4.78 is 0. The van der Waals surface area contributed by atoms with Crippen LogP contribution in [0.4, 0.5) is 4.79 Å². The van der Waals surface area contributed by atoms with Crippen molar-refractivity contribution in [3.63, 3.8) is 0 Å². The number of carbonyl (C=O) groups is 2. The van der Waals surface area contributed by atoms with Crippen LogP contribution >= 0.6 is 0 Å². The highest BCUT2D eigenvalue weighted by Crippen LogP contribution is 2.28. The van der Waals surface area contributed by atoms with E-state index in [0.29, 0.717) is 12.8 Å². The van der Waals surface area contributed by atoms with Crippen LogP contribution in [0.2, 0.25) is 0 Å². The molecule has 3 N–H and O–H groups in total. The van der Waals surface area contributed by atoms with Gasteiger partial charge in [0, 0.05) is 11.6 Å². The predicted octanol–water partition coefficient (Wildman–Crippen LogP) is 2.65. The Morgan fingerprint density at radius 1 is 1.05 bits per heavy atom. The highest BCUT2D eigenvalue weighted by Gasteiger charge is 2.30. The van der Waals surface area contributed by atoms with Crippen molar-refractivity contribution in [2.45, 2.75) is 76.3 Å². The molecule has 5 heteroatoms. The molecule has 0 saturated heterocycles. The van der Waals surface area contributed by atoms with Crippen LogP contribution in [-0.4, -0.2) is 28.7 Å². The van der Waals surface area contributed by atoms with Gasteiger partial charge in [-0.1, -0.05) is 19.3 Å². The van der Waals surface area contributed by atoms with Crippen molar-refractivity contribution in [1.29, 1.82) is 0 Å². The Balaban J connectivity index is 1.74. The first-order valence-electron chi connectivity index (χ1n) is 7.80. The molecule has 0 atom stereocenters. The summed E-state index contributed by atoms with van der Waals surface area (Å²) in [7, 11) is 0. The lowest BCUT2D eigenvalue weighted by atomic mass is 9.83. The molecule has 2 saturated carbocycles. The molecule has 0 unspecified atom stereocenters. The molecule has 20 heavy (non-hydrogen) atoms. The zero-order chi connectivity index (χ0) is 14.6. The number of amides is 2. The van der Waals surface area contributed by atoms with Crippen LogP contribution in [0.1, 0.15) is 64.7 Å². The molecule has 5 nitrogen and oxygen atoms in total. The summed E-state index contributed by atoms with van der Waals surface area (Å²) in [4.78, 5) is 22.9. The molecule has 0 spiro atoms. The summed E-state index contributed by atoms with van der Waals surface area (Å²) in [6.45, 7) is 2.12. The van der Waals surface area contributed by atoms with Crippen LogP contribution in [0, 0.1) is 5.92 Å². The first-order chi connectivity index (χ1) is 9.48. The lowest BCUT2D eigenvalue weighted by molar-refractivity contribution is -0.142. The number of carboxylic acid groups (broad SMARTS) is 1. The number of carboxylic acids is 1. The second kappa shape index (κ2) is 6.46. The van der Waals surface area contributed by atoms with Gasteiger partial charge in [-0.25, -0.2) is 4.79 Å². The van der Waals surface area contributed by atoms with E-state index in [1.165, 1.54) is 19.3 Å². The van der Waals surface area contributed by atoms with E-state index >= 15 is 0 Å². The van der Waals surface area contributed by atoms with Crippen LogP contribution < -0.4 is 10.6 Å². The van der Waals surface area contributed by atoms with Gasteiger partial charge in [0.2, 0.25) is 0 Å². The Hall–Kier alpha value is -1.26. The van der Waals surface area contributed by atoms with Gasteiger partial charge in [0.25, 0.3) is 0 Å². The third kappa shape index (κ3) is 4.12. The lowest BCUT2D eigenvalue weighted by Gasteiger charge is -2.35. The minimum absolute atomic E-state index is 0.0688. The van der Waals surface area contributed by atoms with Gasteiger partial charge >= 0.3 is 12.0 Å². The molecule has 2 aliphatic rings. The largest absolute Gasteiger partial charge is 0.481 e. The van der Waals surface area contributed by atoms with Crippen molar-refractivity contribution >= 4 is 12.0 Å². The van der Waals surface area contributed by atoms with Gasteiger partial charge in [-0.15, -0.1) is 0 Å². The normalized spacial score (nSPS) is 29.4. The number of hydrogen-bond acceptors (Lipinski definition) is 2. The van der Waals surface area contributed by atoms with Crippen LogP contribution in [0.3, 0.4) is 0 Å². The topological polar surface area (TPSA) is 78.4 Å². The molecule has 2 aliphatic carbocycles. The van der Waals surface area contributed by atoms with Crippen LogP contribution in [-0.2, 0) is 4.79 Å². The maximum Gasteiger partial charge on any atom is 0.315 e. The van der Waals surface area contributed by atoms with Crippen LogP contribution in [0.25, 0.3) is 0 Å². The molecule has 0 bridgehead atoms. The van der Waals surface area contributed by atoms with Crippen molar-refractivity contribution in [2.75, 3.05) is 0 Å². The fraction of sp³-hybridized carbons (Fsp3) is 0.867. The maximum atomic E-state index is 12.1. The fourth-order valence-corrected chi connectivity index (χ4v) is 3.44. The molecule has 0 heterocycles. The second-order valence-electron chi connectivity index (χ2n) is 6.61. The number of carbonyl (C=O) groups excluding carboxylic acids is 1. The van der Waals surface area contributed by atoms with E-state index < -0.39 is 5.97 Å². The standard InChI is InChI=1S/C15H26N2O3/c1-15(9-3-2-4-10-15)17-14(20)16-12-7-5-11(6-8-12)13(18)19/h11-12H,2-10H2,1H3,(H,18,19)(H2,16,17,20). The van der Waals surface area contributed by atoms with E-state index in [-0.39, 0.29) is 23.5 Å². The lowest BCUT2D eigenvalue weighted by Crippen LogP contribution is -2.53. The molecule has 2 fully saturated rings. The Bertz CT molecular complexity index is 356. The van der Waals surface area contributed by atoms with Crippen LogP contribution in [0.5, 0.6) is 0 Å². The Morgan fingerprint density at radius 3 is 2.20 bits per heavy atom. The van der Waals surface area contributed by atoms with Gasteiger partial charge in [0.15, 0.2) is 0 Å². The molecule has 0 radical (unpaired) electrons. The van der Waals surface area contributed by atoms with Crippen molar-refractivity contribution in [2.24, 2.45) is 5.92 Å². The molecule has 2 rings (SSSR count). The molecule has 0 aromatic heterocycles. The zero-order valence-corrected chi connectivity index (χ0v) is 12.3. The molecule has 0 aliphatic heterocycles. The van der Waals surface area contributed by atoms with Gasteiger partial charge in [-0.05, 0) is 45.4 Å². The summed E-state index contributed by atoms with van der Waals surface area (Å²) in [5.41, 5.74) is -0.0688. The summed E-state index contributed by atoms with van der Waals surface area (Å²) >= 11 is 0. The molecule has 2 amide bonds. The van der Waals surface area contributed by atoms with Gasteiger partial charge in [0.1, 0.15) is 0 Å². The number of aliphatic carboxylic acids is 1. The first kappa shape index (κ1) is 15.1. The first-order valence-corrected chi connectivity index (χ1v) is 7.80. The monoisotopic (exact) mass is 282 g/mol. The van der Waals surface area contributed by atoms with Crippen molar-refractivity contribution < 1.29 is 14.7 Å². The minimum atomic E-state index is -0.706. The van der Waals surface area contributed by atoms with Gasteiger partial charge in [-0.2, -0.15) is 0 Å². The number of nitrogens with one attached hydrogen (secondary N) is 2. The Morgan fingerprint density at radius 2 is 1.65 bits per heavy atom. The molecular weight excluding hydrogens is 256 g/mol. The quantitative estimate of drug-likeness (QED) is 0.744. The summed E-state index contributed by atoms with van der Waals surface area (Å²) in [5.74, 6) is -0.936. The fourth-order valence-electron chi connectivity index (χ4n) is 3.44. The van der Waals surface area contributed by atoms with E-state index in [1.54, 1.807) is 0 Å². The van der Waals surface area contributed by atoms with E-state index in [4.69, 9.17) is 5.11 Å². The molecule has 114 valence electrons. The Kier molecular flexibility index (Phi) is 4.89. The smallest absolute Gasteiger partial charge is 0.315 e. The summed E-state index contributed by atoms with van der Waals surface area (Å²) in [6.07, 6.45) is 8.58. The highest BCUT2D eigenvalue weighted by molar-refractivity contribution is 5.75. The van der Waals surface area contributed by atoms with E-state index in [1.807, 2.05) is 0 Å². The third-order valence-corrected chi connectivity index (χ3v) is 4.78. The van der Waals surface area contributed by atoms with Crippen molar-refractivity contribution in [1.82, 2.24) is 10.6 Å². The second-order valence-corrected chi connectivity index (χ2v) is 6.61.